The first kappa shape index (κ1) is 22.7. The molecule has 0 saturated heterocycles. The second-order valence-corrected chi connectivity index (χ2v) is 11.6. The average molecular weight is 478 g/mol. The largest absolute Gasteiger partial charge is 0.349 e. The predicted octanol–water partition coefficient (Wildman–Crippen LogP) is 6.37. The van der Waals surface area contributed by atoms with Crippen molar-refractivity contribution in [2.45, 2.75) is 64.8 Å². The summed E-state index contributed by atoms with van der Waals surface area (Å²) in [4.78, 5) is 16.5. The zero-order valence-corrected chi connectivity index (χ0v) is 20.4. The van der Waals surface area contributed by atoms with Gasteiger partial charge in [-0.1, -0.05) is 31.6 Å². The number of benzene rings is 1. The number of nitrogens with zero attached hydrogens (tertiary/aromatic N) is 2. The minimum absolute atomic E-state index is 0.0519. The molecule has 35 heavy (non-hydrogen) atoms. The number of carbonyl (C=O) groups excluding carboxylic acids is 1. The fourth-order valence-electron chi connectivity index (χ4n) is 8.03. The van der Waals surface area contributed by atoms with Gasteiger partial charge in [0.15, 0.2) is 0 Å². The van der Waals surface area contributed by atoms with Crippen LogP contribution in [0.4, 0.5) is 8.78 Å². The summed E-state index contributed by atoms with van der Waals surface area (Å²) in [6.07, 6.45) is 15.2. The number of amides is 1. The molecule has 1 heterocycles. The Hall–Kier alpha value is -2.76. The van der Waals surface area contributed by atoms with Crippen molar-refractivity contribution in [3.05, 3.63) is 71.8 Å². The molecule has 3 unspecified atom stereocenters. The van der Waals surface area contributed by atoms with E-state index < -0.39 is 5.95 Å². The Morgan fingerprint density at radius 3 is 2.54 bits per heavy atom. The van der Waals surface area contributed by atoms with Crippen LogP contribution in [0.1, 0.15) is 69.2 Å². The number of aromatic nitrogens is 2. The van der Waals surface area contributed by atoms with Crippen LogP contribution in [0, 0.1) is 40.3 Å². The standard InChI is InChI=1S/C29H33F2N3O/c1-28-13-11-21(33-27(35)18-3-6-20(30)7-4-18)15-19(28)5-8-22-23-9-10-25(34-16-26(31)32-17-34)29(23,2)14-12-24(22)28/h3-7,10,16-17,21-24H,8-9,11-15H2,1-2H3,(H,33,35)/t21-,22?,23?,24?,28-,29-/m0/s1. The molecule has 0 aliphatic heterocycles. The Morgan fingerprint density at radius 1 is 1.03 bits per heavy atom. The first-order valence-corrected chi connectivity index (χ1v) is 12.9. The van der Waals surface area contributed by atoms with Gasteiger partial charge in [-0.2, -0.15) is 4.39 Å². The second-order valence-electron chi connectivity index (χ2n) is 11.6. The van der Waals surface area contributed by atoms with Crippen molar-refractivity contribution in [3.8, 4) is 0 Å². The molecule has 4 aliphatic rings. The lowest BCUT2D eigenvalue weighted by Gasteiger charge is -2.58. The normalized spacial score (nSPS) is 35.9. The van der Waals surface area contributed by atoms with E-state index >= 15 is 0 Å². The summed E-state index contributed by atoms with van der Waals surface area (Å²) in [5.41, 5.74) is 3.44. The van der Waals surface area contributed by atoms with E-state index in [9.17, 15) is 13.6 Å². The van der Waals surface area contributed by atoms with E-state index in [4.69, 9.17) is 0 Å². The fourth-order valence-corrected chi connectivity index (χ4v) is 8.03. The quantitative estimate of drug-likeness (QED) is 0.522. The molecule has 1 amide bonds. The van der Waals surface area contributed by atoms with Crippen LogP contribution in [0.3, 0.4) is 0 Å². The zero-order valence-electron chi connectivity index (χ0n) is 20.4. The van der Waals surface area contributed by atoms with Crippen molar-refractivity contribution in [3.63, 3.8) is 0 Å². The summed E-state index contributed by atoms with van der Waals surface area (Å²) < 4.78 is 28.8. The predicted molar refractivity (Wildman–Crippen MR) is 131 cm³/mol. The Kier molecular flexibility index (Phi) is 5.28. The Labute approximate surface area is 205 Å². The van der Waals surface area contributed by atoms with Gasteiger partial charge >= 0.3 is 0 Å². The van der Waals surface area contributed by atoms with Crippen LogP contribution >= 0.6 is 0 Å². The highest BCUT2D eigenvalue weighted by molar-refractivity contribution is 5.94. The van der Waals surface area contributed by atoms with E-state index in [0.29, 0.717) is 23.3 Å². The molecule has 1 aromatic heterocycles. The van der Waals surface area contributed by atoms with Gasteiger partial charge in [0.25, 0.3) is 5.91 Å². The average Bonchev–Trinajstić information content (AvgIpc) is 3.42. The Balaban J connectivity index is 1.18. The summed E-state index contributed by atoms with van der Waals surface area (Å²) in [6.45, 7) is 4.82. The number of rotatable bonds is 3. The van der Waals surface area contributed by atoms with E-state index in [1.165, 1.54) is 36.0 Å². The van der Waals surface area contributed by atoms with Gasteiger partial charge in [-0.05, 0) is 92.4 Å². The highest BCUT2D eigenvalue weighted by Gasteiger charge is 2.57. The number of carbonyl (C=O) groups is 1. The third-order valence-electron chi connectivity index (χ3n) is 9.91. The van der Waals surface area contributed by atoms with Crippen LogP contribution in [0.25, 0.3) is 5.70 Å². The summed E-state index contributed by atoms with van der Waals surface area (Å²) in [5.74, 6) is 0.945. The molecule has 1 N–H and O–H groups in total. The maximum atomic E-state index is 13.6. The topological polar surface area (TPSA) is 46.9 Å². The fraction of sp³-hybridized carbons (Fsp3) is 0.517. The highest BCUT2D eigenvalue weighted by atomic mass is 19.1. The Morgan fingerprint density at radius 2 is 1.80 bits per heavy atom. The van der Waals surface area contributed by atoms with E-state index in [-0.39, 0.29) is 28.6 Å². The monoisotopic (exact) mass is 477 g/mol. The van der Waals surface area contributed by atoms with Crippen molar-refractivity contribution >= 4 is 11.6 Å². The first-order chi connectivity index (χ1) is 16.8. The van der Waals surface area contributed by atoms with Crippen LogP contribution in [-0.4, -0.2) is 21.5 Å². The molecule has 4 nitrogen and oxygen atoms in total. The molecule has 0 radical (unpaired) electrons. The zero-order chi connectivity index (χ0) is 24.4. The third-order valence-corrected chi connectivity index (χ3v) is 9.91. The van der Waals surface area contributed by atoms with Gasteiger partial charge in [0.1, 0.15) is 12.1 Å². The minimum Gasteiger partial charge on any atom is -0.349 e. The number of allylic oxidation sites excluding steroid dienone is 3. The molecule has 6 atom stereocenters. The van der Waals surface area contributed by atoms with E-state index in [1.807, 2.05) is 4.57 Å². The SMILES string of the molecule is C[C@]12CC[C@H](NC(=O)c3ccc(F)cc3)CC1=CCC1C2CC[C@]2(C)C(n3cnc(F)c3)=CCC12. The summed E-state index contributed by atoms with van der Waals surface area (Å²) in [7, 11) is 0. The van der Waals surface area contributed by atoms with Gasteiger partial charge in [0.2, 0.25) is 5.95 Å². The molecule has 2 aromatic rings. The number of halogens is 2. The molecule has 2 saturated carbocycles. The van der Waals surface area contributed by atoms with Crippen molar-refractivity contribution in [1.29, 1.82) is 0 Å². The lowest BCUT2D eigenvalue weighted by Crippen LogP contribution is -2.51. The van der Waals surface area contributed by atoms with Crippen molar-refractivity contribution in [2.75, 3.05) is 0 Å². The molecule has 4 aliphatic carbocycles. The van der Waals surface area contributed by atoms with E-state index in [1.54, 1.807) is 18.5 Å². The maximum absolute atomic E-state index is 13.6. The molecular weight excluding hydrogens is 444 g/mol. The summed E-state index contributed by atoms with van der Waals surface area (Å²) in [5, 5.41) is 3.20. The third kappa shape index (κ3) is 3.59. The molecule has 2 fully saturated rings. The number of nitrogens with one attached hydrogen (secondary N) is 1. The molecule has 0 bridgehead atoms. The second kappa shape index (κ2) is 8.14. The van der Waals surface area contributed by atoms with Crippen LogP contribution in [0.5, 0.6) is 0 Å². The van der Waals surface area contributed by atoms with Crippen molar-refractivity contribution < 1.29 is 13.6 Å². The lowest BCUT2D eigenvalue weighted by atomic mass is 9.47. The lowest BCUT2D eigenvalue weighted by molar-refractivity contribution is -0.0137. The van der Waals surface area contributed by atoms with Gasteiger partial charge in [0, 0.05) is 22.7 Å². The smallest absolute Gasteiger partial charge is 0.251 e. The first-order valence-electron chi connectivity index (χ1n) is 12.9. The molecule has 6 heteroatoms. The van der Waals surface area contributed by atoms with Gasteiger partial charge < -0.3 is 9.88 Å². The molecular formula is C29H33F2N3O. The highest BCUT2D eigenvalue weighted by Crippen LogP contribution is 2.65. The molecule has 0 spiro atoms. The van der Waals surface area contributed by atoms with E-state index in [0.717, 1.165) is 38.5 Å². The minimum atomic E-state index is -0.423. The van der Waals surface area contributed by atoms with Crippen molar-refractivity contribution in [1.82, 2.24) is 14.9 Å². The summed E-state index contributed by atoms with van der Waals surface area (Å²) in [6, 6.07) is 5.88. The van der Waals surface area contributed by atoms with Crippen LogP contribution < -0.4 is 5.32 Å². The summed E-state index contributed by atoms with van der Waals surface area (Å²) >= 11 is 0. The molecule has 1 aromatic carbocycles. The molecule has 184 valence electrons. The van der Waals surface area contributed by atoms with Crippen molar-refractivity contribution in [2.24, 2.45) is 28.6 Å². The van der Waals surface area contributed by atoms with Gasteiger partial charge in [0.05, 0.1) is 6.20 Å². The van der Waals surface area contributed by atoms with Gasteiger partial charge in [-0.15, -0.1) is 0 Å². The van der Waals surface area contributed by atoms with Gasteiger partial charge in [-0.25, -0.2) is 9.37 Å². The van der Waals surface area contributed by atoms with E-state index in [2.05, 4.69) is 36.3 Å². The van der Waals surface area contributed by atoms with Crippen LogP contribution in [0.15, 0.2) is 54.5 Å². The van der Waals surface area contributed by atoms with Gasteiger partial charge in [-0.3, -0.25) is 4.79 Å². The maximum Gasteiger partial charge on any atom is 0.251 e. The molecule has 6 rings (SSSR count). The number of hydrogen-bond donors (Lipinski definition) is 1. The van der Waals surface area contributed by atoms with Crippen LogP contribution in [-0.2, 0) is 0 Å². The van der Waals surface area contributed by atoms with Crippen LogP contribution in [0.2, 0.25) is 0 Å². The number of imidazole rings is 1. The number of hydrogen-bond acceptors (Lipinski definition) is 2. The Bertz CT molecular complexity index is 1210. The number of fused-ring (bicyclic) bond motifs is 5.